The molecule has 2 aromatic rings. The van der Waals surface area contributed by atoms with Crippen molar-refractivity contribution in [2.45, 2.75) is 32.7 Å². The highest BCUT2D eigenvalue weighted by atomic mass is 35.5. The molecule has 0 bridgehead atoms. The Morgan fingerprint density at radius 1 is 1.35 bits per heavy atom. The highest BCUT2D eigenvalue weighted by Crippen LogP contribution is 2.28. The minimum Gasteiger partial charge on any atom is -0.309 e. The monoisotopic (exact) mass is 311 g/mol. The molecule has 1 nitrogen and oxygen atoms in total. The van der Waals surface area contributed by atoms with Crippen LogP contribution in [0.4, 0.5) is 4.39 Å². The molecule has 1 atom stereocenters. The zero-order chi connectivity index (χ0) is 14.5. The van der Waals surface area contributed by atoms with Gasteiger partial charge in [0.1, 0.15) is 5.82 Å². The van der Waals surface area contributed by atoms with E-state index in [1.54, 1.807) is 17.4 Å². The molecule has 2 rings (SSSR count). The van der Waals surface area contributed by atoms with Crippen molar-refractivity contribution in [2.75, 3.05) is 6.54 Å². The lowest BCUT2D eigenvalue weighted by molar-refractivity contribution is 0.532. The molecular weight excluding hydrogens is 293 g/mol. The first-order valence-electron chi connectivity index (χ1n) is 6.83. The number of rotatable bonds is 6. The Morgan fingerprint density at radius 3 is 2.75 bits per heavy atom. The Balaban J connectivity index is 2.19. The average molecular weight is 312 g/mol. The molecule has 0 aliphatic heterocycles. The maximum atomic E-state index is 13.6. The van der Waals surface area contributed by atoms with Crippen LogP contribution in [0.15, 0.2) is 29.6 Å². The summed E-state index contributed by atoms with van der Waals surface area (Å²) >= 11 is 7.49. The molecule has 0 saturated heterocycles. The lowest BCUT2D eigenvalue weighted by Crippen LogP contribution is -2.24. The largest absolute Gasteiger partial charge is 0.309 e. The standard InChI is InChI=1S/C16H19ClFNS/c1-3-7-19-15(16-11(2)6-8-20-16)10-12-4-5-13(17)14(18)9-12/h4-6,8-9,15,19H,3,7,10H2,1-2H3. The number of aryl methyl sites for hydroxylation is 1. The van der Waals surface area contributed by atoms with Crippen LogP contribution in [0.3, 0.4) is 0 Å². The number of nitrogens with one attached hydrogen (secondary N) is 1. The highest BCUT2D eigenvalue weighted by Gasteiger charge is 2.15. The fourth-order valence-corrected chi connectivity index (χ4v) is 3.34. The first-order valence-corrected chi connectivity index (χ1v) is 8.09. The smallest absolute Gasteiger partial charge is 0.142 e. The third-order valence-corrected chi connectivity index (χ3v) is 4.72. The minimum atomic E-state index is -0.346. The summed E-state index contributed by atoms with van der Waals surface area (Å²) in [6, 6.07) is 7.42. The van der Waals surface area contributed by atoms with E-state index in [0.29, 0.717) is 0 Å². The zero-order valence-corrected chi connectivity index (χ0v) is 13.3. The van der Waals surface area contributed by atoms with Crippen LogP contribution in [0.5, 0.6) is 0 Å². The molecule has 1 heterocycles. The van der Waals surface area contributed by atoms with Gasteiger partial charge in [-0.25, -0.2) is 4.39 Å². The third kappa shape index (κ3) is 3.81. The van der Waals surface area contributed by atoms with Gasteiger partial charge in [0.2, 0.25) is 0 Å². The van der Waals surface area contributed by atoms with E-state index >= 15 is 0 Å². The van der Waals surface area contributed by atoms with Gasteiger partial charge in [0.05, 0.1) is 5.02 Å². The Labute approximate surface area is 128 Å². The second-order valence-electron chi connectivity index (χ2n) is 4.93. The van der Waals surface area contributed by atoms with E-state index in [0.717, 1.165) is 24.9 Å². The van der Waals surface area contributed by atoms with Crippen molar-refractivity contribution in [3.63, 3.8) is 0 Å². The molecule has 0 spiro atoms. The molecule has 108 valence electrons. The first kappa shape index (κ1) is 15.5. The van der Waals surface area contributed by atoms with E-state index in [4.69, 9.17) is 11.6 Å². The van der Waals surface area contributed by atoms with Gasteiger partial charge in [-0.15, -0.1) is 11.3 Å². The van der Waals surface area contributed by atoms with E-state index in [1.807, 2.05) is 6.07 Å². The van der Waals surface area contributed by atoms with E-state index in [9.17, 15) is 4.39 Å². The van der Waals surface area contributed by atoms with Crippen molar-refractivity contribution in [2.24, 2.45) is 0 Å². The van der Waals surface area contributed by atoms with Gasteiger partial charge < -0.3 is 5.32 Å². The van der Waals surface area contributed by atoms with E-state index in [1.165, 1.54) is 16.5 Å². The summed E-state index contributed by atoms with van der Waals surface area (Å²) < 4.78 is 13.6. The van der Waals surface area contributed by atoms with Gasteiger partial charge in [0, 0.05) is 10.9 Å². The van der Waals surface area contributed by atoms with Crippen LogP contribution in [0.25, 0.3) is 0 Å². The van der Waals surface area contributed by atoms with Gasteiger partial charge in [-0.1, -0.05) is 24.6 Å². The second-order valence-corrected chi connectivity index (χ2v) is 6.28. The number of benzene rings is 1. The van der Waals surface area contributed by atoms with Gasteiger partial charge in [-0.3, -0.25) is 0 Å². The lowest BCUT2D eigenvalue weighted by atomic mass is 10.0. The van der Waals surface area contributed by atoms with Crippen LogP contribution in [0, 0.1) is 12.7 Å². The van der Waals surface area contributed by atoms with Crippen molar-refractivity contribution in [1.29, 1.82) is 0 Å². The summed E-state index contributed by atoms with van der Waals surface area (Å²) in [4.78, 5) is 1.33. The molecule has 20 heavy (non-hydrogen) atoms. The molecule has 0 saturated carbocycles. The van der Waals surface area contributed by atoms with E-state index in [-0.39, 0.29) is 16.9 Å². The van der Waals surface area contributed by atoms with Crippen LogP contribution >= 0.6 is 22.9 Å². The van der Waals surface area contributed by atoms with Crippen molar-refractivity contribution in [3.05, 3.63) is 56.5 Å². The fraction of sp³-hybridized carbons (Fsp3) is 0.375. The topological polar surface area (TPSA) is 12.0 Å². The average Bonchev–Trinajstić information content (AvgIpc) is 2.85. The quantitative estimate of drug-likeness (QED) is 0.779. The highest BCUT2D eigenvalue weighted by molar-refractivity contribution is 7.10. The molecule has 1 aromatic heterocycles. The van der Waals surface area contributed by atoms with Gasteiger partial charge >= 0.3 is 0 Å². The van der Waals surface area contributed by atoms with Crippen LogP contribution < -0.4 is 5.32 Å². The number of hydrogen-bond acceptors (Lipinski definition) is 2. The number of thiophene rings is 1. The fourth-order valence-electron chi connectivity index (χ4n) is 2.22. The third-order valence-electron chi connectivity index (χ3n) is 3.28. The minimum absolute atomic E-state index is 0.180. The maximum Gasteiger partial charge on any atom is 0.142 e. The molecule has 4 heteroatoms. The van der Waals surface area contributed by atoms with Crippen LogP contribution in [0.2, 0.25) is 5.02 Å². The Bertz CT molecular complexity index is 567. The number of halogens is 2. The zero-order valence-electron chi connectivity index (χ0n) is 11.7. The second kappa shape index (κ2) is 7.21. The van der Waals surface area contributed by atoms with Crippen LogP contribution in [-0.2, 0) is 6.42 Å². The van der Waals surface area contributed by atoms with Gasteiger partial charge in [0.25, 0.3) is 0 Å². The van der Waals surface area contributed by atoms with Gasteiger partial charge in [-0.2, -0.15) is 0 Å². The van der Waals surface area contributed by atoms with Gasteiger partial charge in [-0.05, 0) is 61.0 Å². The SMILES string of the molecule is CCCNC(Cc1ccc(Cl)c(F)c1)c1sccc1C. The molecule has 0 aliphatic carbocycles. The summed E-state index contributed by atoms with van der Waals surface area (Å²) in [6.07, 6.45) is 1.85. The first-order chi connectivity index (χ1) is 9.61. The predicted octanol–water partition coefficient (Wildman–Crippen LogP) is 5.13. The molecule has 0 aliphatic rings. The molecule has 1 unspecified atom stereocenters. The van der Waals surface area contributed by atoms with E-state index < -0.39 is 0 Å². The van der Waals surface area contributed by atoms with Crippen molar-refractivity contribution in [3.8, 4) is 0 Å². The normalized spacial score (nSPS) is 12.6. The Kier molecular flexibility index (Phi) is 5.58. The van der Waals surface area contributed by atoms with Crippen molar-refractivity contribution in [1.82, 2.24) is 5.32 Å². The van der Waals surface area contributed by atoms with Crippen molar-refractivity contribution < 1.29 is 4.39 Å². The van der Waals surface area contributed by atoms with Crippen LogP contribution in [-0.4, -0.2) is 6.54 Å². The summed E-state index contributed by atoms with van der Waals surface area (Å²) in [5, 5.41) is 5.83. The molecule has 0 radical (unpaired) electrons. The molecule has 0 fully saturated rings. The summed E-state index contributed by atoms with van der Waals surface area (Å²) in [5.41, 5.74) is 2.26. The molecule has 1 aromatic carbocycles. The van der Waals surface area contributed by atoms with E-state index in [2.05, 4.69) is 30.6 Å². The van der Waals surface area contributed by atoms with Crippen LogP contribution in [0.1, 0.15) is 35.4 Å². The lowest BCUT2D eigenvalue weighted by Gasteiger charge is -2.18. The maximum absolute atomic E-state index is 13.6. The molecule has 1 N–H and O–H groups in total. The number of hydrogen-bond donors (Lipinski definition) is 1. The Hall–Kier alpha value is -0.900. The molecule has 0 amide bonds. The summed E-state index contributed by atoms with van der Waals surface area (Å²) in [7, 11) is 0. The molecular formula is C16H19ClFNS. The van der Waals surface area contributed by atoms with Gasteiger partial charge in [0.15, 0.2) is 0 Å². The van der Waals surface area contributed by atoms with Crippen molar-refractivity contribution >= 4 is 22.9 Å². The summed E-state index contributed by atoms with van der Waals surface area (Å²) in [5.74, 6) is -0.346. The summed E-state index contributed by atoms with van der Waals surface area (Å²) in [6.45, 7) is 5.22. The predicted molar refractivity (Wildman–Crippen MR) is 85.2 cm³/mol. The Morgan fingerprint density at radius 2 is 2.15 bits per heavy atom.